The number of Topliss-reactive ketones (excluding diaryl/α,β-unsaturated/α-hetero) is 1. The standard InChI is InChI=1S/C13H15F3O2/c1-4-18-13(7(2)3)12(17)8-5-6-9(14)11(16)10(8)15/h5-7,13H,4H2,1-3H3. The second kappa shape index (κ2) is 6.00. The lowest BCUT2D eigenvalue weighted by Gasteiger charge is -2.19. The molecule has 1 unspecified atom stereocenters. The van der Waals surface area contributed by atoms with Gasteiger partial charge in [0.15, 0.2) is 23.2 Å². The maximum absolute atomic E-state index is 13.5. The first-order valence-corrected chi connectivity index (χ1v) is 5.69. The molecule has 0 N–H and O–H groups in total. The van der Waals surface area contributed by atoms with Gasteiger partial charge < -0.3 is 4.74 Å². The molecule has 1 aromatic rings. The summed E-state index contributed by atoms with van der Waals surface area (Å²) in [5.41, 5.74) is -0.485. The summed E-state index contributed by atoms with van der Waals surface area (Å²) >= 11 is 0. The van der Waals surface area contributed by atoms with Crippen LogP contribution >= 0.6 is 0 Å². The first kappa shape index (κ1) is 14.7. The Morgan fingerprint density at radius 2 is 1.83 bits per heavy atom. The third kappa shape index (κ3) is 2.90. The number of carbonyl (C=O) groups excluding carboxylic acids is 1. The molecule has 0 aliphatic heterocycles. The quantitative estimate of drug-likeness (QED) is 0.599. The number of hydrogen-bond acceptors (Lipinski definition) is 2. The van der Waals surface area contributed by atoms with E-state index < -0.39 is 34.9 Å². The molecule has 100 valence electrons. The van der Waals surface area contributed by atoms with E-state index in [4.69, 9.17) is 4.74 Å². The number of hydrogen-bond donors (Lipinski definition) is 0. The van der Waals surface area contributed by atoms with Gasteiger partial charge in [-0.1, -0.05) is 13.8 Å². The van der Waals surface area contributed by atoms with Crippen LogP contribution in [0.1, 0.15) is 31.1 Å². The Hall–Kier alpha value is -1.36. The number of ketones is 1. The third-order valence-electron chi connectivity index (χ3n) is 2.51. The van der Waals surface area contributed by atoms with Crippen LogP contribution in [0.3, 0.4) is 0 Å². The molecule has 0 fully saturated rings. The predicted molar refractivity (Wildman–Crippen MR) is 60.9 cm³/mol. The molecule has 1 aromatic carbocycles. The van der Waals surface area contributed by atoms with E-state index in [1.54, 1.807) is 20.8 Å². The number of benzene rings is 1. The minimum absolute atomic E-state index is 0.190. The first-order valence-electron chi connectivity index (χ1n) is 5.69. The van der Waals surface area contributed by atoms with Crippen molar-refractivity contribution < 1.29 is 22.7 Å². The van der Waals surface area contributed by atoms with Crippen LogP contribution in [0.2, 0.25) is 0 Å². The first-order chi connectivity index (χ1) is 8.40. The van der Waals surface area contributed by atoms with E-state index in [0.29, 0.717) is 0 Å². The van der Waals surface area contributed by atoms with Gasteiger partial charge in [-0.25, -0.2) is 13.2 Å². The smallest absolute Gasteiger partial charge is 0.195 e. The topological polar surface area (TPSA) is 26.3 Å². The van der Waals surface area contributed by atoms with E-state index in [2.05, 4.69) is 0 Å². The van der Waals surface area contributed by atoms with Gasteiger partial charge in [0.2, 0.25) is 0 Å². The predicted octanol–water partition coefficient (Wildman–Crippen LogP) is 3.35. The molecule has 0 aliphatic carbocycles. The fourth-order valence-corrected chi connectivity index (χ4v) is 1.62. The van der Waals surface area contributed by atoms with Gasteiger partial charge in [-0.2, -0.15) is 0 Å². The number of rotatable bonds is 5. The molecule has 5 heteroatoms. The van der Waals surface area contributed by atoms with E-state index in [9.17, 15) is 18.0 Å². The van der Waals surface area contributed by atoms with Crippen molar-refractivity contribution >= 4 is 5.78 Å². The summed E-state index contributed by atoms with van der Waals surface area (Å²) in [6.45, 7) is 5.44. The third-order valence-corrected chi connectivity index (χ3v) is 2.51. The average molecular weight is 260 g/mol. The second-order valence-corrected chi connectivity index (χ2v) is 4.21. The van der Waals surface area contributed by atoms with Crippen molar-refractivity contribution in [3.63, 3.8) is 0 Å². The zero-order valence-electron chi connectivity index (χ0n) is 10.5. The van der Waals surface area contributed by atoms with Gasteiger partial charge in [-0.15, -0.1) is 0 Å². The molecule has 0 heterocycles. The van der Waals surface area contributed by atoms with E-state index in [0.717, 1.165) is 12.1 Å². The van der Waals surface area contributed by atoms with Crippen molar-refractivity contribution in [3.05, 3.63) is 35.1 Å². The molecule has 0 aliphatic rings. The van der Waals surface area contributed by atoms with Crippen LogP contribution < -0.4 is 0 Å². The highest BCUT2D eigenvalue weighted by atomic mass is 19.2. The molecule has 0 spiro atoms. The van der Waals surface area contributed by atoms with Crippen molar-refractivity contribution in [2.45, 2.75) is 26.9 Å². The van der Waals surface area contributed by atoms with Crippen LogP contribution in [0.4, 0.5) is 13.2 Å². The molecule has 1 atom stereocenters. The van der Waals surface area contributed by atoms with Crippen molar-refractivity contribution in [1.29, 1.82) is 0 Å². The molecule has 2 nitrogen and oxygen atoms in total. The Morgan fingerprint density at radius 3 is 2.33 bits per heavy atom. The summed E-state index contributed by atoms with van der Waals surface area (Å²) in [5, 5.41) is 0. The maximum Gasteiger partial charge on any atom is 0.195 e. The van der Waals surface area contributed by atoms with Crippen LogP contribution in [0.15, 0.2) is 12.1 Å². The normalized spacial score (nSPS) is 12.8. The molecule has 0 amide bonds. The van der Waals surface area contributed by atoms with Crippen molar-refractivity contribution in [1.82, 2.24) is 0 Å². The highest BCUT2D eigenvalue weighted by Crippen LogP contribution is 2.20. The Bertz CT molecular complexity index is 444. The van der Waals surface area contributed by atoms with Gasteiger partial charge in [0, 0.05) is 6.61 Å². The fraction of sp³-hybridized carbons (Fsp3) is 0.462. The SMILES string of the molecule is CCOC(C(=O)c1ccc(F)c(F)c1F)C(C)C. The Kier molecular flexibility index (Phi) is 4.90. The highest BCUT2D eigenvalue weighted by molar-refractivity contribution is 5.99. The molecule has 0 aromatic heterocycles. The molecule has 18 heavy (non-hydrogen) atoms. The minimum Gasteiger partial charge on any atom is -0.370 e. The monoisotopic (exact) mass is 260 g/mol. The summed E-state index contributed by atoms with van der Waals surface area (Å²) < 4.78 is 44.5. The van der Waals surface area contributed by atoms with Crippen molar-refractivity contribution in [2.75, 3.05) is 6.61 Å². The summed E-state index contributed by atoms with van der Waals surface area (Å²) in [7, 11) is 0. The van der Waals surface area contributed by atoms with Gasteiger partial charge in [0.25, 0.3) is 0 Å². The molecule has 0 bridgehead atoms. The highest BCUT2D eigenvalue weighted by Gasteiger charge is 2.28. The van der Waals surface area contributed by atoms with Crippen LogP contribution in [0.25, 0.3) is 0 Å². The summed E-state index contributed by atoms with van der Waals surface area (Å²) in [4.78, 5) is 12.0. The van der Waals surface area contributed by atoms with Crippen LogP contribution in [-0.4, -0.2) is 18.5 Å². The Morgan fingerprint density at radius 1 is 1.22 bits per heavy atom. The molecule has 0 saturated carbocycles. The van der Waals surface area contributed by atoms with E-state index in [-0.39, 0.29) is 12.5 Å². The number of carbonyl (C=O) groups is 1. The van der Waals surface area contributed by atoms with Crippen molar-refractivity contribution in [3.8, 4) is 0 Å². The van der Waals surface area contributed by atoms with Crippen LogP contribution in [-0.2, 0) is 4.74 Å². The molecule has 0 saturated heterocycles. The molecule has 0 radical (unpaired) electrons. The van der Waals surface area contributed by atoms with Gasteiger partial charge in [0.05, 0.1) is 5.56 Å². The lowest BCUT2D eigenvalue weighted by atomic mass is 9.97. The Balaban J connectivity index is 3.13. The fourth-order valence-electron chi connectivity index (χ4n) is 1.62. The second-order valence-electron chi connectivity index (χ2n) is 4.21. The van der Waals surface area contributed by atoms with Gasteiger partial charge in [-0.05, 0) is 25.0 Å². The van der Waals surface area contributed by atoms with E-state index in [1.165, 1.54) is 0 Å². The Labute approximate surface area is 104 Å². The largest absolute Gasteiger partial charge is 0.370 e. The molecule has 1 rings (SSSR count). The summed E-state index contributed by atoms with van der Waals surface area (Å²) in [6, 6.07) is 1.67. The molecular weight excluding hydrogens is 245 g/mol. The molecular formula is C13H15F3O2. The number of halogens is 3. The van der Waals surface area contributed by atoms with Gasteiger partial charge >= 0.3 is 0 Å². The zero-order valence-corrected chi connectivity index (χ0v) is 10.5. The van der Waals surface area contributed by atoms with E-state index >= 15 is 0 Å². The minimum atomic E-state index is -1.64. The van der Waals surface area contributed by atoms with Gasteiger partial charge in [0.1, 0.15) is 6.10 Å². The van der Waals surface area contributed by atoms with E-state index in [1.807, 2.05) is 0 Å². The lowest BCUT2D eigenvalue weighted by molar-refractivity contribution is 0.0275. The lowest BCUT2D eigenvalue weighted by Crippen LogP contribution is -2.30. The number of ether oxygens (including phenoxy) is 1. The van der Waals surface area contributed by atoms with Gasteiger partial charge in [-0.3, -0.25) is 4.79 Å². The maximum atomic E-state index is 13.5. The van der Waals surface area contributed by atoms with Crippen LogP contribution in [0, 0.1) is 23.4 Å². The zero-order chi connectivity index (χ0) is 13.9. The summed E-state index contributed by atoms with van der Waals surface area (Å²) in [6.07, 6.45) is -0.866. The average Bonchev–Trinajstić information content (AvgIpc) is 2.32. The summed E-state index contributed by atoms with van der Waals surface area (Å²) in [5.74, 6) is -5.29. The van der Waals surface area contributed by atoms with Crippen LogP contribution in [0.5, 0.6) is 0 Å². The van der Waals surface area contributed by atoms with Crippen molar-refractivity contribution in [2.24, 2.45) is 5.92 Å².